The van der Waals surface area contributed by atoms with Crippen LogP contribution in [0, 0.1) is 6.92 Å². The molecule has 3 N–H and O–H groups in total. The lowest BCUT2D eigenvalue weighted by molar-refractivity contribution is -0.123. The van der Waals surface area contributed by atoms with Gasteiger partial charge in [-0.05, 0) is 20.8 Å². The van der Waals surface area contributed by atoms with Crippen molar-refractivity contribution in [2.45, 2.75) is 33.4 Å². The molecule has 2 rings (SSSR count). The summed E-state index contributed by atoms with van der Waals surface area (Å²) in [5, 5.41) is 7.22. The molecule has 2 aromatic rings. The van der Waals surface area contributed by atoms with Crippen LogP contribution < -0.4 is 11.1 Å². The van der Waals surface area contributed by atoms with Crippen LogP contribution in [0.3, 0.4) is 0 Å². The molecule has 21 heavy (non-hydrogen) atoms. The minimum atomic E-state index is -0.465. The summed E-state index contributed by atoms with van der Waals surface area (Å²) in [5.41, 5.74) is 8.32. The normalized spacial score (nSPS) is 12.8. The predicted molar refractivity (Wildman–Crippen MR) is 79.9 cm³/mol. The highest BCUT2D eigenvalue weighted by Gasteiger charge is 2.24. The first-order valence-corrected chi connectivity index (χ1v) is 6.98. The molecule has 1 unspecified atom stereocenters. The summed E-state index contributed by atoms with van der Waals surface area (Å²) in [6.07, 6.45) is 0. The Bertz CT molecular complexity index is 645. The molecule has 0 saturated carbocycles. The van der Waals surface area contributed by atoms with E-state index in [1.807, 2.05) is 18.5 Å². The van der Waals surface area contributed by atoms with Gasteiger partial charge in [0.15, 0.2) is 5.65 Å². The lowest BCUT2D eigenvalue weighted by Crippen LogP contribution is -2.34. The van der Waals surface area contributed by atoms with Crippen molar-refractivity contribution in [3.05, 3.63) is 5.69 Å². The molecule has 0 aliphatic rings. The molecule has 116 valence electrons. The Morgan fingerprint density at radius 2 is 2.24 bits per heavy atom. The average Bonchev–Trinajstić information content (AvgIpc) is 2.95. The Hall–Kier alpha value is -2.09. The van der Waals surface area contributed by atoms with E-state index in [0.29, 0.717) is 25.6 Å². The molecule has 8 heteroatoms. The summed E-state index contributed by atoms with van der Waals surface area (Å²) in [7, 11) is 1.59. The Kier molecular flexibility index (Phi) is 4.46. The van der Waals surface area contributed by atoms with Crippen LogP contribution in [-0.2, 0) is 16.1 Å². The molecule has 0 saturated heterocycles. The molecule has 2 heterocycles. The number of nitrogens with two attached hydrogens (primary N) is 1. The van der Waals surface area contributed by atoms with E-state index in [4.69, 9.17) is 10.5 Å². The number of nitrogen functional groups attached to an aromatic ring is 1. The molecule has 0 radical (unpaired) electrons. The quantitative estimate of drug-likeness (QED) is 0.754. The maximum absolute atomic E-state index is 12.2. The van der Waals surface area contributed by atoms with Crippen molar-refractivity contribution in [1.29, 1.82) is 0 Å². The van der Waals surface area contributed by atoms with Gasteiger partial charge < -0.3 is 15.8 Å². The van der Waals surface area contributed by atoms with Crippen LogP contribution >= 0.6 is 0 Å². The summed E-state index contributed by atoms with van der Waals surface area (Å²) < 4.78 is 8.46. The Morgan fingerprint density at radius 3 is 2.86 bits per heavy atom. The van der Waals surface area contributed by atoms with Crippen LogP contribution in [0.5, 0.6) is 0 Å². The third-order valence-corrected chi connectivity index (χ3v) is 3.44. The predicted octanol–water partition coefficient (Wildman–Crippen LogP) is 0.467. The van der Waals surface area contributed by atoms with Crippen LogP contribution in [0.15, 0.2) is 0 Å². The summed E-state index contributed by atoms with van der Waals surface area (Å²) >= 11 is 0. The van der Waals surface area contributed by atoms with E-state index in [-0.39, 0.29) is 5.91 Å². The van der Waals surface area contributed by atoms with Crippen molar-refractivity contribution in [3.8, 4) is 0 Å². The number of aromatic nitrogens is 4. The zero-order valence-electron chi connectivity index (χ0n) is 12.9. The smallest absolute Gasteiger partial charge is 0.243 e. The van der Waals surface area contributed by atoms with Gasteiger partial charge in [-0.3, -0.25) is 9.36 Å². The molecule has 8 nitrogen and oxygen atoms in total. The monoisotopic (exact) mass is 294 g/mol. The van der Waals surface area contributed by atoms with E-state index in [1.165, 1.54) is 0 Å². The van der Waals surface area contributed by atoms with Crippen molar-refractivity contribution in [1.82, 2.24) is 24.6 Å². The molecular weight excluding hydrogens is 272 g/mol. The number of fused-ring (bicyclic) bond motifs is 1. The van der Waals surface area contributed by atoms with Crippen LogP contribution in [-0.4, -0.2) is 45.5 Å². The zero-order valence-corrected chi connectivity index (χ0v) is 12.9. The molecule has 0 spiro atoms. The van der Waals surface area contributed by atoms with Crippen LogP contribution in [0.25, 0.3) is 11.2 Å². The molecule has 1 atom stereocenters. The summed E-state index contributed by atoms with van der Waals surface area (Å²) in [4.78, 5) is 16.6. The highest BCUT2D eigenvalue weighted by atomic mass is 16.5. The van der Waals surface area contributed by atoms with Gasteiger partial charge in [0, 0.05) is 20.2 Å². The van der Waals surface area contributed by atoms with Gasteiger partial charge in [0.05, 0.1) is 12.3 Å². The number of anilines is 1. The van der Waals surface area contributed by atoms with E-state index in [9.17, 15) is 4.79 Å². The Balaban J connectivity index is 2.36. The number of nitrogens with zero attached hydrogens (tertiary/aromatic N) is 4. The molecule has 1 amide bonds. The lowest BCUT2D eigenvalue weighted by atomic mass is 10.3. The molecule has 0 aliphatic heterocycles. The summed E-state index contributed by atoms with van der Waals surface area (Å²) in [5.74, 6) is 0.196. The second-order valence-electron chi connectivity index (χ2n) is 4.87. The number of hydrogen-bond acceptors (Lipinski definition) is 5. The second-order valence-corrected chi connectivity index (χ2v) is 4.87. The van der Waals surface area contributed by atoms with E-state index < -0.39 is 6.04 Å². The topological polar surface area (TPSA) is 100.0 Å². The molecule has 0 bridgehead atoms. The Labute approximate surface area is 123 Å². The zero-order chi connectivity index (χ0) is 15.6. The van der Waals surface area contributed by atoms with Gasteiger partial charge in [-0.1, -0.05) is 0 Å². The first-order chi connectivity index (χ1) is 10.0. The second kappa shape index (κ2) is 6.13. The van der Waals surface area contributed by atoms with Gasteiger partial charge in [-0.15, -0.1) is 0 Å². The molecule has 2 aromatic heterocycles. The van der Waals surface area contributed by atoms with E-state index in [2.05, 4.69) is 15.4 Å². The SMILES string of the molecule is CCn1nc(C)c2nc(N)n(C(C)C(=O)NCCOC)c21. The molecule has 0 aromatic carbocycles. The largest absolute Gasteiger partial charge is 0.383 e. The maximum Gasteiger partial charge on any atom is 0.243 e. The van der Waals surface area contributed by atoms with Crippen molar-refractivity contribution < 1.29 is 9.53 Å². The fourth-order valence-electron chi connectivity index (χ4n) is 2.35. The third kappa shape index (κ3) is 2.71. The van der Waals surface area contributed by atoms with Gasteiger partial charge in [0.25, 0.3) is 0 Å². The average molecular weight is 294 g/mol. The van der Waals surface area contributed by atoms with Crippen molar-refractivity contribution in [2.75, 3.05) is 26.0 Å². The summed E-state index contributed by atoms with van der Waals surface area (Å²) in [6.45, 7) is 7.29. The van der Waals surface area contributed by atoms with Crippen LogP contribution in [0.4, 0.5) is 5.95 Å². The number of rotatable bonds is 6. The first kappa shape index (κ1) is 15.3. The van der Waals surface area contributed by atoms with E-state index in [1.54, 1.807) is 18.6 Å². The number of aryl methyl sites for hydroxylation is 2. The van der Waals surface area contributed by atoms with Gasteiger partial charge in [-0.2, -0.15) is 5.10 Å². The van der Waals surface area contributed by atoms with Crippen LogP contribution in [0.2, 0.25) is 0 Å². The number of methoxy groups -OCH3 is 1. The Morgan fingerprint density at radius 1 is 1.52 bits per heavy atom. The van der Waals surface area contributed by atoms with Crippen LogP contribution in [0.1, 0.15) is 25.6 Å². The van der Waals surface area contributed by atoms with E-state index in [0.717, 1.165) is 16.9 Å². The molecule has 0 fully saturated rings. The standard InChI is InChI=1S/C13H22N6O2/c1-5-18-12-10(8(2)17-18)16-13(14)19(12)9(3)11(20)15-6-7-21-4/h9H,5-7H2,1-4H3,(H2,14,16)(H,15,20). The number of nitrogens with one attached hydrogen (secondary N) is 1. The number of hydrogen-bond donors (Lipinski definition) is 2. The third-order valence-electron chi connectivity index (χ3n) is 3.44. The first-order valence-electron chi connectivity index (χ1n) is 6.98. The van der Waals surface area contributed by atoms with Crippen molar-refractivity contribution in [3.63, 3.8) is 0 Å². The number of carbonyl (C=O) groups excluding carboxylic acids is 1. The number of amides is 1. The van der Waals surface area contributed by atoms with Crippen molar-refractivity contribution >= 4 is 23.0 Å². The summed E-state index contributed by atoms with van der Waals surface area (Å²) in [6, 6.07) is -0.465. The molecule has 0 aliphatic carbocycles. The highest BCUT2D eigenvalue weighted by molar-refractivity contribution is 5.85. The minimum absolute atomic E-state index is 0.125. The fourth-order valence-corrected chi connectivity index (χ4v) is 2.35. The number of imidazole rings is 1. The lowest BCUT2D eigenvalue weighted by Gasteiger charge is -2.16. The minimum Gasteiger partial charge on any atom is -0.383 e. The van der Waals surface area contributed by atoms with Gasteiger partial charge in [0.2, 0.25) is 11.9 Å². The number of ether oxygens (including phenoxy) is 1. The number of carbonyl (C=O) groups is 1. The van der Waals surface area contributed by atoms with Crippen molar-refractivity contribution in [2.24, 2.45) is 0 Å². The fraction of sp³-hybridized carbons (Fsp3) is 0.615. The van der Waals surface area contributed by atoms with Gasteiger partial charge >= 0.3 is 0 Å². The van der Waals surface area contributed by atoms with E-state index >= 15 is 0 Å². The maximum atomic E-state index is 12.2. The molecular formula is C13H22N6O2. The van der Waals surface area contributed by atoms with Gasteiger partial charge in [-0.25, -0.2) is 9.67 Å². The van der Waals surface area contributed by atoms with Gasteiger partial charge in [0.1, 0.15) is 11.6 Å². The highest BCUT2D eigenvalue weighted by Crippen LogP contribution is 2.25.